The van der Waals surface area contributed by atoms with Gasteiger partial charge >= 0.3 is 0 Å². The van der Waals surface area contributed by atoms with Crippen molar-refractivity contribution in [1.82, 2.24) is 0 Å². The summed E-state index contributed by atoms with van der Waals surface area (Å²) in [7, 11) is 0. The fourth-order valence-corrected chi connectivity index (χ4v) is 1.78. The zero-order valence-electron chi connectivity index (χ0n) is 9.21. The maximum Gasteiger partial charge on any atom is 0.182 e. The molecule has 0 bridgehead atoms. The van der Waals surface area contributed by atoms with Gasteiger partial charge < -0.3 is 5.21 Å². The Balaban J connectivity index is 2.12. The van der Waals surface area contributed by atoms with Gasteiger partial charge in [0, 0.05) is 16.1 Å². The average molecular weight is 246 g/mol. The summed E-state index contributed by atoms with van der Waals surface area (Å²) in [5.41, 5.74) is 1.80. The SMILES string of the molecule is [O-]/[N+](=C\c1ccccc1)Cc1cccc(Cl)c1. The molecule has 2 rings (SSSR count). The zero-order valence-corrected chi connectivity index (χ0v) is 9.97. The maximum atomic E-state index is 11.7. The van der Waals surface area contributed by atoms with Crippen molar-refractivity contribution in [2.45, 2.75) is 6.54 Å². The van der Waals surface area contributed by atoms with Crippen molar-refractivity contribution in [1.29, 1.82) is 0 Å². The Kier molecular flexibility index (Phi) is 3.78. The smallest absolute Gasteiger partial charge is 0.182 e. The van der Waals surface area contributed by atoms with Crippen LogP contribution in [0.1, 0.15) is 11.1 Å². The van der Waals surface area contributed by atoms with Crippen molar-refractivity contribution in [2.24, 2.45) is 0 Å². The van der Waals surface area contributed by atoms with Gasteiger partial charge in [0.15, 0.2) is 12.8 Å². The molecule has 0 amide bonds. The molecule has 0 saturated carbocycles. The van der Waals surface area contributed by atoms with Crippen molar-refractivity contribution in [3.05, 3.63) is 76.0 Å². The van der Waals surface area contributed by atoms with Crippen LogP contribution in [0.3, 0.4) is 0 Å². The van der Waals surface area contributed by atoms with E-state index in [1.807, 2.05) is 42.5 Å². The molecule has 0 unspecified atom stereocenters. The lowest BCUT2D eigenvalue weighted by atomic mass is 10.2. The second kappa shape index (κ2) is 5.51. The summed E-state index contributed by atoms with van der Waals surface area (Å²) in [5.74, 6) is 0. The molecule has 0 aliphatic rings. The fourth-order valence-electron chi connectivity index (χ4n) is 1.57. The van der Waals surface area contributed by atoms with E-state index < -0.39 is 0 Å². The highest BCUT2D eigenvalue weighted by Crippen LogP contribution is 2.11. The minimum Gasteiger partial charge on any atom is -0.624 e. The number of hydrogen-bond donors (Lipinski definition) is 0. The molecule has 0 spiro atoms. The first-order valence-corrected chi connectivity index (χ1v) is 5.70. The Bertz CT molecular complexity index is 523. The van der Waals surface area contributed by atoms with Gasteiger partial charge in [0.1, 0.15) is 0 Å². The van der Waals surface area contributed by atoms with E-state index in [1.54, 1.807) is 18.3 Å². The van der Waals surface area contributed by atoms with Gasteiger partial charge in [-0.25, -0.2) is 4.74 Å². The van der Waals surface area contributed by atoms with Gasteiger partial charge in [-0.3, -0.25) is 0 Å². The van der Waals surface area contributed by atoms with Crippen LogP contribution >= 0.6 is 11.6 Å². The molecule has 0 N–H and O–H groups in total. The molecule has 0 aliphatic carbocycles. The van der Waals surface area contributed by atoms with Gasteiger partial charge in [-0.05, 0) is 24.3 Å². The quantitative estimate of drug-likeness (QED) is 0.352. The Morgan fingerprint density at radius 1 is 1.06 bits per heavy atom. The minimum atomic E-state index is 0.301. The van der Waals surface area contributed by atoms with E-state index in [2.05, 4.69) is 0 Å². The summed E-state index contributed by atoms with van der Waals surface area (Å²) in [6, 6.07) is 16.8. The molecular weight excluding hydrogens is 234 g/mol. The van der Waals surface area contributed by atoms with Crippen LogP contribution < -0.4 is 0 Å². The predicted molar refractivity (Wildman–Crippen MR) is 70.4 cm³/mol. The molecule has 0 radical (unpaired) electrons. The summed E-state index contributed by atoms with van der Waals surface area (Å²) >= 11 is 5.86. The molecule has 0 saturated heterocycles. The number of hydroxylamine groups is 1. The molecule has 2 aromatic rings. The third-order valence-corrected chi connectivity index (χ3v) is 2.56. The Hall–Kier alpha value is -1.80. The standard InChI is InChI=1S/C14H12ClNO/c15-14-8-4-7-13(9-14)11-16(17)10-12-5-2-1-3-6-12/h1-10H,11H2/b16-10-. The Labute approximate surface area is 105 Å². The van der Waals surface area contributed by atoms with Crippen LogP contribution in [0, 0.1) is 5.21 Å². The third-order valence-electron chi connectivity index (χ3n) is 2.32. The number of rotatable bonds is 3. The van der Waals surface area contributed by atoms with Gasteiger partial charge in [0.05, 0.1) is 0 Å². The summed E-state index contributed by atoms with van der Waals surface area (Å²) in [4.78, 5) is 0. The zero-order chi connectivity index (χ0) is 12.1. The van der Waals surface area contributed by atoms with Crippen LogP contribution in [0.15, 0.2) is 54.6 Å². The van der Waals surface area contributed by atoms with Gasteiger partial charge in [0.2, 0.25) is 0 Å². The lowest BCUT2D eigenvalue weighted by Crippen LogP contribution is -2.05. The summed E-state index contributed by atoms with van der Waals surface area (Å²) in [5, 5.41) is 12.4. The number of nitrogens with zero attached hydrogens (tertiary/aromatic N) is 1. The normalized spacial score (nSPS) is 11.5. The van der Waals surface area contributed by atoms with Gasteiger partial charge in [-0.2, -0.15) is 0 Å². The second-order valence-corrected chi connectivity index (χ2v) is 4.18. The molecular formula is C14H12ClNO. The lowest BCUT2D eigenvalue weighted by Gasteiger charge is -2.04. The maximum absolute atomic E-state index is 11.7. The Morgan fingerprint density at radius 2 is 1.82 bits per heavy atom. The van der Waals surface area contributed by atoms with E-state index in [0.29, 0.717) is 11.6 Å². The highest BCUT2D eigenvalue weighted by Gasteiger charge is 1.99. The van der Waals surface area contributed by atoms with Crippen LogP contribution in [0.4, 0.5) is 0 Å². The molecule has 17 heavy (non-hydrogen) atoms. The third kappa shape index (κ3) is 3.61. The van der Waals surface area contributed by atoms with E-state index in [4.69, 9.17) is 11.6 Å². The summed E-state index contributed by atoms with van der Waals surface area (Å²) in [6.45, 7) is 0.301. The van der Waals surface area contributed by atoms with Crippen LogP contribution in [0.25, 0.3) is 0 Å². The van der Waals surface area contributed by atoms with Crippen molar-refractivity contribution in [2.75, 3.05) is 0 Å². The van der Waals surface area contributed by atoms with Crippen LogP contribution in [-0.2, 0) is 6.54 Å². The van der Waals surface area contributed by atoms with Crippen molar-refractivity contribution >= 4 is 17.8 Å². The van der Waals surface area contributed by atoms with Gasteiger partial charge in [-0.15, -0.1) is 0 Å². The predicted octanol–water partition coefficient (Wildman–Crippen LogP) is 3.47. The molecule has 0 heterocycles. The summed E-state index contributed by atoms with van der Waals surface area (Å²) in [6.07, 6.45) is 1.57. The topological polar surface area (TPSA) is 26.1 Å². The van der Waals surface area contributed by atoms with Crippen LogP contribution in [0.2, 0.25) is 5.02 Å². The van der Waals surface area contributed by atoms with E-state index >= 15 is 0 Å². The molecule has 86 valence electrons. The summed E-state index contributed by atoms with van der Waals surface area (Å²) < 4.78 is 0.904. The van der Waals surface area contributed by atoms with Gasteiger partial charge in [0.25, 0.3) is 0 Å². The lowest BCUT2D eigenvalue weighted by molar-refractivity contribution is -0.469. The highest BCUT2D eigenvalue weighted by molar-refractivity contribution is 6.30. The van der Waals surface area contributed by atoms with E-state index in [0.717, 1.165) is 15.9 Å². The first-order chi connectivity index (χ1) is 8.24. The highest BCUT2D eigenvalue weighted by atomic mass is 35.5. The molecule has 2 nitrogen and oxygen atoms in total. The molecule has 0 aliphatic heterocycles. The largest absolute Gasteiger partial charge is 0.624 e. The Morgan fingerprint density at radius 3 is 2.53 bits per heavy atom. The average Bonchev–Trinajstić information content (AvgIpc) is 2.30. The van der Waals surface area contributed by atoms with E-state index in [1.165, 1.54) is 0 Å². The number of hydrogen-bond acceptors (Lipinski definition) is 1. The monoisotopic (exact) mass is 245 g/mol. The van der Waals surface area contributed by atoms with Crippen molar-refractivity contribution in [3.8, 4) is 0 Å². The molecule has 0 fully saturated rings. The number of benzene rings is 2. The number of halogens is 1. The fraction of sp³-hybridized carbons (Fsp3) is 0.0714. The van der Waals surface area contributed by atoms with Crippen LogP contribution in [0.5, 0.6) is 0 Å². The molecule has 2 aromatic carbocycles. The van der Waals surface area contributed by atoms with Crippen LogP contribution in [-0.4, -0.2) is 11.0 Å². The second-order valence-electron chi connectivity index (χ2n) is 3.74. The minimum absolute atomic E-state index is 0.301. The molecule has 3 heteroatoms. The van der Waals surface area contributed by atoms with Crippen molar-refractivity contribution < 1.29 is 4.74 Å². The van der Waals surface area contributed by atoms with E-state index in [-0.39, 0.29) is 0 Å². The first kappa shape index (κ1) is 11.7. The first-order valence-electron chi connectivity index (χ1n) is 5.32. The van der Waals surface area contributed by atoms with Crippen molar-refractivity contribution in [3.63, 3.8) is 0 Å². The van der Waals surface area contributed by atoms with E-state index in [9.17, 15) is 5.21 Å². The molecule has 0 atom stereocenters. The van der Waals surface area contributed by atoms with Gasteiger partial charge in [-0.1, -0.05) is 41.9 Å². The molecule has 0 aromatic heterocycles.